The first-order chi connectivity index (χ1) is 8.81. The summed E-state index contributed by atoms with van der Waals surface area (Å²) < 4.78 is 0. The number of hydrogen-bond donors (Lipinski definition) is 2. The van der Waals surface area contributed by atoms with Crippen molar-refractivity contribution in [3.05, 3.63) is 0 Å². The second-order valence-corrected chi connectivity index (χ2v) is 5.91. The highest BCUT2D eigenvalue weighted by atomic mass is 32.1. The molecule has 0 bridgehead atoms. The van der Waals surface area contributed by atoms with Crippen LogP contribution in [0.15, 0.2) is 0 Å². The van der Waals surface area contributed by atoms with Crippen molar-refractivity contribution in [1.82, 2.24) is 10.2 Å². The number of hydrogen-bond acceptors (Lipinski definition) is 3. The number of rotatable bonds is 9. The van der Waals surface area contributed by atoms with E-state index < -0.39 is 5.41 Å². The molecule has 3 N–H and O–H groups in total. The lowest BCUT2D eigenvalue weighted by Gasteiger charge is -2.32. The van der Waals surface area contributed by atoms with Crippen LogP contribution in [0.1, 0.15) is 46.5 Å². The highest BCUT2D eigenvalue weighted by Gasteiger charge is 2.39. The predicted molar refractivity (Wildman–Crippen MR) is 85.2 cm³/mol. The average molecular weight is 287 g/mol. The first-order valence-corrected chi connectivity index (χ1v) is 7.47. The highest BCUT2D eigenvalue weighted by Crippen LogP contribution is 2.30. The molecular weight excluding hydrogens is 258 g/mol. The van der Waals surface area contributed by atoms with Crippen molar-refractivity contribution in [2.24, 2.45) is 11.1 Å². The molecule has 0 aromatic rings. The number of carbonyl (C=O) groups is 1. The standard InChI is InChI=1S/C14H29N3OS/c1-6-8-14(9-7-2,12(15)19)13(18)16-10-11(3)17(4)5/h11H,6-10H2,1-5H3,(H2,15,19)(H,16,18). The molecule has 0 aromatic carbocycles. The largest absolute Gasteiger partial charge is 0.392 e. The van der Waals surface area contributed by atoms with Gasteiger partial charge in [-0.05, 0) is 33.9 Å². The topological polar surface area (TPSA) is 58.4 Å². The lowest BCUT2D eigenvalue weighted by Crippen LogP contribution is -2.51. The van der Waals surface area contributed by atoms with E-state index in [9.17, 15) is 4.79 Å². The van der Waals surface area contributed by atoms with Gasteiger partial charge in [0.2, 0.25) is 5.91 Å². The van der Waals surface area contributed by atoms with Crippen LogP contribution in [-0.4, -0.2) is 42.5 Å². The number of carbonyl (C=O) groups excluding carboxylic acids is 1. The smallest absolute Gasteiger partial charge is 0.233 e. The Bertz CT molecular complexity index is 299. The molecule has 0 aromatic heterocycles. The van der Waals surface area contributed by atoms with Crippen molar-refractivity contribution in [3.63, 3.8) is 0 Å². The van der Waals surface area contributed by atoms with Gasteiger partial charge >= 0.3 is 0 Å². The van der Waals surface area contributed by atoms with Crippen LogP contribution >= 0.6 is 12.2 Å². The summed E-state index contributed by atoms with van der Waals surface area (Å²) >= 11 is 5.17. The number of nitrogens with zero attached hydrogens (tertiary/aromatic N) is 1. The molecule has 0 saturated heterocycles. The Morgan fingerprint density at radius 2 is 1.79 bits per heavy atom. The van der Waals surface area contributed by atoms with Crippen LogP contribution in [0, 0.1) is 5.41 Å². The Hall–Kier alpha value is -0.680. The van der Waals surface area contributed by atoms with Gasteiger partial charge in [0.05, 0.1) is 10.4 Å². The van der Waals surface area contributed by atoms with E-state index in [1.54, 1.807) is 0 Å². The van der Waals surface area contributed by atoms with Gasteiger partial charge in [-0.2, -0.15) is 0 Å². The minimum absolute atomic E-state index is 0.0163. The molecule has 0 aliphatic heterocycles. The van der Waals surface area contributed by atoms with Crippen LogP contribution in [0.2, 0.25) is 0 Å². The number of thiocarbonyl (C=S) groups is 1. The molecule has 1 atom stereocenters. The van der Waals surface area contributed by atoms with Crippen molar-refractivity contribution in [2.45, 2.75) is 52.5 Å². The summed E-state index contributed by atoms with van der Waals surface area (Å²) in [7, 11) is 3.99. The molecule has 1 amide bonds. The molecule has 0 spiro atoms. The highest BCUT2D eigenvalue weighted by molar-refractivity contribution is 7.80. The maximum absolute atomic E-state index is 12.5. The first kappa shape index (κ1) is 18.3. The fourth-order valence-electron chi connectivity index (χ4n) is 2.16. The molecule has 0 fully saturated rings. The second kappa shape index (κ2) is 8.48. The normalized spacial score (nSPS) is 13.4. The van der Waals surface area contributed by atoms with Gasteiger partial charge in [-0.15, -0.1) is 0 Å². The van der Waals surface area contributed by atoms with E-state index in [4.69, 9.17) is 18.0 Å². The Kier molecular flexibility index (Phi) is 8.18. The molecule has 19 heavy (non-hydrogen) atoms. The maximum Gasteiger partial charge on any atom is 0.233 e. The van der Waals surface area contributed by atoms with Crippen LogP contribution in [-0.2, 0) is 4.79 Å². The van der Waals surface area contributed by atoms with Crippen LogP contribution in [0.3, 0.4) is 0 Å². The van der Waals surface area contributed by atoms with E-state index in [-0.39, 0.29) is 11.9 Å². The Labute approximate surface area is 123 Å². The molecule has 1 unspecified atom stereocenters. The fourth-order valence-corrected chi connectivity index (χ4v) is 2.45. The SMILES string of the molecule is CCCC(CCC)(C(=O)NCC(C)N(C)C)C(N)=S. The third-order valence-electron chi connectivity index (χ3n) is 3.70. The molecule has 4 nitrogen and oxygen atoms in total. The number of nitrogens with one attached hydrogen (secondary N) is 1. The van der Waals surface area contributed by atoms with E-state index in [1.807, 2.05) is 14.1 Å². The van der Waals surface area contributed by atoms with Gasteiger partial charge in [-0.1, -0.05) is 38.9 Å². The van der Waals surface area contributed by atoms with Gasteiger partial charge < -0.3 is 16.0 Å². The molecule has 0 rings (SSSR count). The fraction of sp³-hybridized carbons (Fsp3) is 0.857. The first-order valence-electron chi connectivity index (χ1n) is 7.06. The Balaban J connectivity index is 4.85. The van der Waals surface area contributed by atoms with Gasteiger partial charge in [-0.3, -0.25) is 4.79 Å². The summed E-state index contributed by atoms with van der Waals surface area (Å²) in [5, 5.41) is 3.01. The zero-order valence-corrected chi connectivity index (χ0v) is 13.8. The van der Waals surface area contributed by atoms with Crippen molar-refractivity contribution < 1.29 is 4.79 Å². The third kappa shape index (κ3) is 5.07. The van der Waals surface area contributed by atoms with Crippen molar-refractivity contribution >= 4 is 23.1 Å². The Morgan fingerprint density at radius 1 is 1.32 bits per heavy atom. The number of likely N-dealkylation sites (N-methyl/N-ethyl adjacent to an activating group) is 1. The molecule has 112 valence electrons. The number of nitrogens with two attached hydrogens (primary N) is 1. The second-order valence-electron chi connectivity index (χ2n) is 5.47. The molecule has 5 heteroatoms. The molecular formula is C14H29N3OS. The van der Waals surface area contributed by atoms with Crippen LogP contribution in [0.4, 0.5) is 0 Å². The number of amides is 1. The molecule has 0 radical (unpaired) electrons. The zero-order valence-electron chi connectivity index (χ0n) is 13.0. The summed E-state index contributed by atoms with van der Waals surface area (Å²) in [4.78, 5) is 14.9. The van der Waals surface area contributed by atoms with Crippen molar-refractivity contribution in [3.8, 4) is 0 Å². The van der Waals surface area contributed by atoms with Gasteiger partial charge in [0.25, 0.3) is 0 Å². The molecule has 0 aliphatic rings. The maximum atomic E-state index is 12.5. The Morgan fingerprint density at radius 3 is 2.11 bits per heavy atom. The van der Waals surface area contributed by atoms with Crippen LogP contribution in [0.25, 0.3) is 0 Å². The van der Waals surface area contributed by atoms with Crippen molar-refractivity contribution in [1.29, 1.82) is 0 Å². The third-order valence-corrected chi connectivity index (χ3v) is 4.09. The van der Waals surface area contributed by atoms with E-state index in [2.05, 4.69) is 31.0 Å². The summed E-state index contributed by atoms with van der Waals surface area (Å²) in [6.45, 7) is 6.79. The summed E-state index contributed by atoms with van der Waals surface area (Å²) in [6, 6.07) is 0.288. The molecule has 0 saturated carbocycles. The lowest BCUT2D eigenvalue weighted by molar-refractivity contribution is -0.128. The molecule has 0 heterocycles. The monoisotopic (exact) mass is 287 g/mol. The van der Waals surface area contributed by atoms with E-state index >= 15 is 0 Å². The minimum Gasteiger partial charge on any atom is -0.392 e. The van der Waals surface area contributed by atoms with Gasteiger partial charge in [-0.25, -0.2) is 0 Å². The van der Waals surface area contributed by atoms with Crippen LogP contribution < -0.4 is 11.1 Å². The predicted octanol–water partition coefficient (Wildman–Crippen LogP) is 1.93. The van der Waals surface area contributed by atoms with Crippen molar-refractivity contribution in [2.75, 3.05) is 20.6 Å². The molecule has 0 aliphatic carbocycles. The summed E-state index contributed by atoms with van der Waals surface area (Å²) in [5.74, 6) is -0.0163. The minimum atomic E-state index is -0.676. The van der Waals surface area contributed by atoms with E-state index in [0.29, 0.717) is 11.5 Å². The summed E-state index contributed by atoms with van der Waals surface area (Å²) in [6.07, 6.45) is 3.23. The van der Waals surface area contributed by atoms with Gasteiger partial charge in [0.15, 0.2) is 0 Å². The van der Waals surface area contributed by atoms with Crippen LogP contribution in [0.5, 0.6) is 0 Å². The quantitative estimate of drug-likeness (QED) is 0.636. The van der Waals surface area contributed by atoms with E-state index in [0.717, 1.165) is 25.7 Å². The van der Waals surface area contributed by atoms with Gasteiger partial charge in [0, 0.05) is 12.6 Å². The average Bonchev–Trinajstić information content (AvgIpc) is 2.34. The lowest BCUT2D eigenvalue weighted by atomic mass is 9.78. The van der Waals surface area contributed by atoms with E-state index in [1.165, 1.54) is 0 Å². The zero-order chi connectivity index (χ0) is 15.1. The van der Waals surface area contributed by atoms with Gasteiger partial charge in [0.1, 0.15) is 0 Å². The summed E-state index contributed by atoms with van der Waals surface area (Å²) in [5.41, 5.74) is 5.20.